The van der Waals surface area contributed by atoms with Crippen molar-refractivity contribution in [3.05, 3.63) is 88.1 Å². The molecule has 1 aromatic heterocycles. The molecule has 2 aromatic carbocycles. The largest absolute Gasteiger partial charge is 0.351 e. The van der Waals surface area contributed by atoms with Crippen LogP contribution < -0.4 is 10.2 Å². The molecule has 160 valence electrons. The Hall–Kier alpha value is -2.92. The number of benzene rings is 2. The van der Waals surface area contributed by atoms with E-state index >= 15 is 0 Å². The minimum Gasteiger partial charge on any atom is -0.351 e. The molecule has 0 saturated heterocycles. The van der Waals surface area contributed by atoms with Gasteiger partial charge < -0.3 is 5.32 Å². The summed E-state index contributed by atoms with van der Waals surface area (Å²) in [5, 5.41) is 5.20. The predicted molar refractivity (Wildman–Crippen MR) is 126 cm³/mol. The zero-order chi connectivity index (χ0) is 21.6. The van der Waals surface area contributed by atoms with Crippen LogP contribution in [0.5, 0.6) is 0 Å². The van der Waals surface area contributed by atoms with Gasteiger partial charge in [0.25, 0.3) is 0 Å². The molecule has 1 heterocycles. The Labute approximate surface area is 187 Å². The Morgan fingerprint density at radius 1 is 1.00 bits per heavy atom. The highest BCUT2D eigenvalue weighted by molar-refractivity contribution is 7.10. The third kappa shape index (κ3) is 5.23. The van der Waals surface area contributed by atoms with Gasteiger partial charge in [0.2, 0.25) is 11.8 Å². The quantitative estimate of drug-likeness (QED) is 0.541. The van der Waals surface area contributed by atoms with Gasteiger partial charge in [0.1, 0.15) is 6.04 Å². The Morgan fingerprint density at radius 3 is 2.35 bits per heavy atom. The first-order valence-electron chi connectivity index (χ1n) is 10.9. The lowest BCUT2D eigenvalue weighted by molar-refractivity contribution is -0.127. The Kier molecular flexibility index (Phi) is 6.82. The lowest BCUT2D eigenvalue weighted by Crippen LogP contribution is -2.46. The van der Waals surface area contributed by atoms with E-state index in [1.165, 1.54) is 0 Å². The van der Waals surface area contributed by atoms with Crippen LogP contribution in [0.25, 0.3) is 0 Å². The fourth-order valence-corrected chi connectivity index (χ4v) is 4.89. The molecular formula is C26H28N2O2S. The van der Waals surface area contributed by atoms with Crippen molar-refractivity contribution in [2.75, 3.05) is 4.90 Å². The molecule has 5 heteroatoms. The summed E-state index contributed by atoms with van der Waals surface area (Å²) < 4.78 is 0. The summed E-state index contributed by atoms with van der Waals surface area (Å²) in [5.41, 5.74) is 2.68. The number of amides is 2. The average Bonchev–Trinajstić information content (AvgIpc) is 3.47. The normalized spacial score (nSPS) is 14.9. The zero-order valence-electron chi connectivity index (χ0n) is 17.8. The molecule has 2 amide bonds. The summed E-state index contributed by atoms with van der Waals surface area (Å²) in [7, 11) is 0. The second-order valence-electron chi connectivity index (χ2n) is 8.16. The SMILES string of the molecule is Cc1ccc(C(C(=O)NC2CCCC2)N(C(=O)Cc2cccs2)c2ccccc2)cc1. The standard InChI is InChI=1S/C26H28N2O2S/c1-19-13-15-20(16-14-19)25(26(30)27-21-8-5-6-9-21)28(22-10-3-2-4-11-22)24(29)18-23-12-7-17-31-23/h2-4,7,10-17,21,25H,5-6,8-9,18H2,1H3,(H,27,30). The highest BCUT2D eigenvalue weighted by Crippen LogP contribution is 2.30. The lowest BCUT2D eigenvalue weighted by atomic mass is 10.0. The van der Waals surface area contributed by atoms with Gasteiger partial charge in [-0.2, -0.15) is 0 Å². The Morgan fingerprint density at radius 2 is 1.71 bits per heavy atom. The van der Waals surface area contributed by atoms with Crippen LogP contribution in [0.3, 0.4) is 0 Å². The number of thiophene rings is 1. The number of carbonyl (C=O) groups is 2. The molecule has 0 spiro atoms. The van der Waals surface area contributed by atoms with Crippen molar-refractivity contribution >= 4 is 28.8 Å². The number of nitrogens with zero attached hydrogens (tertiary/aromatic N) is 1. The molecule has 0 radical (unpaired) electrons. The van der Waals surface area contributed by atoms with Crippen molar-refractivity contribution in [3.63, 3.8) is 0 Å². The molecule has 1 aliphatic rings. The van der Waals surface area contributed by atoms with Crippen molar-refractivity contribution in [1.82, 2.24) is 5.32 Å². The van der Waals surface area contributed by atoms with E-state index in [0.29, 0.717) is 0 Å². The van der Waals surface area contributed by atoms with Crippen LogP contribution in [0.4, 0.5) is 5.69 Å². The van der Waals surface area contributed by atoms with E-state index in [2.05, 4.69) is 5.32 Å². The molecule has 1 fully saturated rings. The summed E-state index contributed by atoms with van der Waals surface area (Å²) in [6.07, 6.45) is 4.55. The molecule has 4 nitrogen and oxygen atoms in total. The van der Waals surface area contributed by atoms with Crippen molar-refractivity contribution in [3.8, 4) is 0 Å². The van der Waals surface area contributed by atoms with Crippen LogP contribution in [0, 0.1) is 6.92 Å². The van der Waals surface area contributed by atoms with Crippen LogP contribution >= 0.6 is 11.3 Å². The van der Waals surface area contributed by atoms with Gasteiger partial charge >= 0.3 is 0 Å². The number of rotatable bonds is 7. The Balaban J connectivity index is 1.73. The number of nitrogens with one attached hydrogen (secondary N) is 1. The van der Waals surface area contributed by atoms with Crippen molar-refractivity contribution in [2.24, 2.45) is 0 Å². The summed E-state index contributed by atoms with van der Waals surface area (Å²) in [6, 6.07) is 20.8. The van der Waals surface area contributed by atoms with Gasteiger partial charge in [0.15, 0.2) is 0 Å². The molecule has 1 saturated carbocycles. The first kappa shape index (κ1) is 21.3. The number of hydrogen-bond acceptors (Lipinski definition) is 3. The zero-order valence-corrected chi connectivity index (χ0v) is 18.6. The predicted octanol–water partition coefficient (Wildman–Crippen LogP) is 5.43. The molecule has 1 N–H and O–H groups in total. The maximum absolute atomic E-state index is 13.6. The van der Waals surface area contributed by atoms with Crippen LogP contribution in [0.1, 0.15) is 47.7 Å². The Bertz CT molecular complexity index is 994. The molecule has 3 aromatic rings. The van der Waals surface area contributed by atoms with Crippen LogP contribution in [0.15, 0.2) is 72.1 Å². The monoisotopic (exact) mass is 432 g/mol. The van der Waals surface area contributed by atoms with Crippen molar-refractivity contribution < 1.29 is 9.59 Å². The highest BCUT2D eigenvalue weighted by atomic mass is 32.1. The van der Waals surface area contributed by atoms with Gasteiger partial charge in [-0.15, -0.1) is 11.3 Å². The van der Waals surface area contributed by atoms with E-state index < -0.39 is 6.04 Å². The smallest absolute Gasteiger partial charge is 0.248 e. The van der Waals surface area contributed by atoms with Gasteiger partial charge in [-0.25, -0.2) is 0 Å². The average molecular weight is 433 g/mol. The second kappa shape index (κ2) is 9.92. The van der Waals surface area contributed by atoms with Gasteiger partial charge in [-0.05, 0) is 48.9 Å². The molecule has 1 atom stereocenters. The molecule has 1 unspecified atom stereocenters. The first-order chi connectivity index (χ1) is 15.1. The number of hydrogen-bond donors (Lipinski definition) is 1. The van der Waals surface area contributed by atoms with E-state index in [0.717, 1.165) is 47.4 Å². The van der Waals surface area contributed by atoms with E-state index in [9.17, 15) is 9.59 Å². The summed E-state index contributed by atoms with van der Waals surface area (Å²) in [5.74, 6) is -0.195. The minimum atomic E-state index is -0.712. The van der Waals surface area contributed by atoms with Crippen LogP contribution in [0.2, 0.25) is 0 Å². The summed E-state index contributed by atoms with van der Waals surface area (Å²) in [6.45, 7) is 2.02. The molecule has 0 bridgehead atoms. The maximum atomic E-state index is 13.6. The number of para-hydroxylation sites is 1. The minimum absolute atomic E-state index is 0.0826. The van der Waals surface area contributed by atoms with E-state index in [-0.39, 0.29) is 24.3 Å². The third-order valence-electron chi connectivity index (χ3n) is 5.81. The lowest BCUT2D eigenvalue weighted by Gasteiger charge is -2.32. The molecule has 31 heavy (non-hydrogen) atoms. The van der Waals surface area contributed by atoms with Crippen molar-refractivity contribution in [1.29, 1.82) is 0 Å². The van der Waals surface area contributed by atoms with E-state index in [1.54, 1.807) is 16.2 Å². The fraction of sp³-hybridized carbons (Fsp3) is 0.308. The van der Waals surface area contributed by atoms with Gasteiger partial charge in [-0.1, -0.05) is 66.9 Å². The number of aryl methyl sites for hydroxylation is 1. The molecular weight excluding hydrogens is 404 g/mol. The second-order valence-corrected chi connectivity index (χ2v) is 9.19. The maximum Gasteiger partial charge on any atom is 0.248 e. The van der Waals surface area contributed by atoms with E-state index in [4.69, 9.17) is 0 Å². The van der Waals surface area contributed by atoms with Gasteiger partial charge in [0, 0.05) is 16.6 Å². The van der Waals surface area contributed by atoms with Crippen LogP contribution in [-0.4, -0.2) is 17.9 Å². The fourth-order valence-electron chi connectivity index (χ4n) is 4.19. The summed E-state index contributed by atoms with van der Waals surface area (Å²) >= 11 is 1.56. The molecule has 1 aliphatic carbocycles. The van der Waals surface area contributed by atoms with Gasteiger partial charge in [0.05, 0.1) is 6.42 Å². The van der Waals surface area contributed by atoms with Crippen LogP contribution in [-0.2, 0) is 16.0 Å². The number of carbonyl (C=O) groups excluding carboxylic acids is 2. The number of anilines is 1. The molecule has 4 rings (SSSR count). The molecule has 0 aliphatic heterocycles. The third-order valence-corrected chi connectivity index (χ3v) is 6.69. The highest BCUT2D eigenvalue weighted by Gasteiger charge is 2.34. The first-order valence-corrected chi connectivity index (χ1v) is 11.8. The van der Waals surface area contributed by atoms with Crippen molar-refractivity contribution in [2.45, 2.75) is 51.1 Å². The van der Waals surface area contributed by atoms with Gasteiger partial charge in [-0.3, -0.25) is 14.5 Å². The van der Waals surface area contributed by atoms with E-state index in [1.807, 2.05) is 79.0 Å². The topological polar surface area (TPSA) is 49.4 Å². The summed E-state index contributed by atoms with van der Waals surface area (Å²) in [4.78, 5) is 29.9.